The number of carbonyl (C=O) groups excluding carboxylic acids is 2. The van der Waals surface area contributed by atoms with Gasteiger partial charge in [-0.25, -0.2) is 4.79 Å². The molecule has 3 rings (SSSR count). The summed E-state index contributed by atoms with van der Waals surface area (Å²) < 4.78 is 10.4. The number of hydrogen-bond acceptors (Lipinski definition) is 4. The van der Waals surface area contributed by atoms with Crippen molar-refractivity contribution < 1.29 is 18.7 Å². The molecule has 2 atom stereocenters. The average Bonchev–Trinajstić information content (AvgIpc) is 3.08. The van der Waals surface area contributed by atoms with Crippen molar-refractivity contribution in [1.82, 2.24) is 0 Å². The van der Waals surface area contributed by atoms with Gasteiger partial charge in [-0.1, -0.05) is 18.2 Å². The molecule has 0 saturated carbocycles. The van der Waals surface area contributed by atoms with Gasteiger partial charge in [0.25, 0.3) is 5.91 Å². The van der Waals surface area contributed by atoms with E-state index in [4.69, 9.17) is 9.15 Å². The number of hydrogen-bond donors (Lipinski definition) is 0. The second kappa shape index (κ2) is 5.91. The van der Waals surface area contributed by atoms with Gasteiger partial charge >= 0.3 is 5.97 Å². The third-order valence-corrected chi connectivity index (χ3v) is 4.16. The number of nitrogens with zero attached hydrogens (tertiary/aromatic N) is 1. The lowest BCUT2D eigenvalue weighted by Crippen LogP contribution is -2.43. The smallest absolute Gasteiger partial charge is 0.342 e. The van der Waals surface area contributed by atoms with Gasteiger partial charge in [0.15, 0.2) is 6.10 Å². The minimum Gasteiger partial charge on any atom is -0.469 e. The topological polar surface area (TPSA) is 59.8 Å². The van der Waals surface area contributed by atoms with Crippen LogP contribution in [0.3, 0.4) is 0 Å². The van der Waals surface area contributed by atoms with Crippen LogP contribution >= 0.6 is 0 Å². The highest BCUT2D eigenvalue weighted by molar-refractivity contribution is 6.01. The molecular weight excluding hydrogens is 294 g/mol. The summed E-state index contributed by atoms with van der Waals surface area (Å²) >= 11 is 0. The van der Waals surface area contributed by atoms with Crippen LogP contribution in [0.25, 0.3) is 0 Å². The highest BCUT2D eigenvalue weighted by Gasteiger charge is 2.34. The predicted molar refractivity (Wildman–Crippen MR) is 85.4 cm³/mol. The quantitative estimate of drug-likeness (QED) is 0.817. The Balaban J connectivity index is 1.75. The van der Waals surface area contributed by atoms with Crippen LogP contribution in [0.4, 0.5) is 5.69 Å². The second-order valence-electron chi connectivity index (χ2n) is 5.83. The highest BCUT2D eigenvalue weighted by atomic mass is 16.5. The van der Waals surface area contributed by atoms with E-state index in [-0.39, 0.29) is 11.9 Å². The van der Waals surface area contributed by atoms with E-state index in [9.17, 15) is 9.59 Å². The summed E-state index contributed by atoms with van der Waals surface area (Å²) in [5.41, 5.74) is 2.38. The third kappa shape index (κ3) is 2.74. The summed E-state index contributed by atoms with van der Waals surface area (Å²) in [6.07, 6.45) is 1.38. The molecule has 0 fully saturated rings. The number of ether oxygens (including phenoxy) is 1. The molecule has 2 heterocycles. The minimum absolute atomic E-state index is 0.0525. The molecule has 0 unspecified atom stereocenters. The largest absolute Gasteiger partial charge is 0.469 e. The Morgan fingerprint density at radius 1 is 1.30 bits per heavy atom. The standard InChI is InChI=1S/C18H19NO4/c1-11-10-14-6-4-5-7-16(14)19(11)17(20)13(3)23-18(21)15-8-9-22-12(15)2/h4-9,11,13H,10H2,1-3H3/t11-,13+/m0/s1. The number of furan rings is 1. The molecule has 0 N–H and O–H groups in total. The molecule has 5 nitrogen and oxygen atoms in total. The maximum Gasteiger partial charge on any atom is 0.342 e. The maximum absolute atomic E-state index is 12.7. The predicted octanol–water partition coefficient (Wildman–Crippen LogP) is 3.11. The van der Waals surface area contributed by atoms with Gasteiger partial charge in [-0.2, -0.15) is 0 Å². The first kappa shape index (κ1) is 15.3. The third-order valence-electron chi connectivity index (χ3n) is 4.16. The number of amides is 1. The average molecular weight is 313 g/mol. The normalized spacial score (nSPS) is 17.7. The fourth-order valence-electron chi connectivity index (χ4n) is 2.97. The number of esters is 1. The molecule has 0 radical (unpaired) electrons. The van der Waals surface area contributed by atoms with Crippen molar-refractivity contribution in [3.63, 3.8) is 0 Å². The summed E-state index contributed by atoms with van der Waals surface area (Å²) in [7, 11) is 0. The van der Waals surface area contributed by atoms with Crippen molar-refractivity contribution in [3.05, 3.63) is 53.5 Å². The van der Waals surface area contributed by atoms with Gasteiger partial charge in [0, 0.05) is 11.7 Å². The van der Waals surface area contributed by atoms with E-state index < -0.39 is 12.1 Å². The first-order valence-electron chi connectivity index (χ1n) is 7.65. The molecule has 0 aliphatic carbocycles. The van der Waals surface area contributed by atoms with Crippen molar-refractivity contribution in [3.8, 4) is 0 Å². The fourth-order valence-corrected chi connectivity index (χ4v) is 2.97. The Bertz CT molecular complexity index is 749. The van der Waals surface area contributed by atoms with Crippen molar-refractivity contribution in [2.24, 2.45) is 0 Å². The zero-order chi connectivity index (χ0) is 16.6. The number of aryl methyl sites for hydroxylation is 1. The zero-order valence-corrected chi connectivity index (χ0v) is 13.4. The Hall–Kier alpha value is -2.56. The maximum atomic E-state index is 12.7. The van der Waals surface area contributed by atoms with Gasteiger partial charge in [-0.3, -0.25) is 4.79 Å². The van der Waals surface area contributed by atoms with Gasteiger partial charge < -0.3 is 14.1 Å². The molecule has 5 heteroatoms. The zero-order valence-electron chi connectivity index (χ0n) is 13.4. The molecule has 1 aromatic heterocycles. The number of para-hydroxylation sites is 1. The molecule has 120 valence electrons. The molecule has 0 saturated heterocycles. The van der Waals surface area contributed by atoms with Gasteiger partial charge in [0.05, 0.1) is 6.26 Å². The minimum atomic E-state index is -0.856. The Labute approximate surface area is 134 Å². The summed E-state index contributed by atoms with van der Waals surface area (Å²) in [4.78, 5) is 26.6. The van der Waals surface area contributed by atoms with Gasteiger partial charge in [0.1, 0.15) is 11.3 Å². The van der Waals surface area contributed by atoms with E-state index in [0.29, 0.717) is 11.3 Å². The van der Waals surface area contributed by atoms with E-state index in [1.807, 2.05) is 31.2 Å². The molecule has 0 spiro atoms. The van der Waals surface area contributed by atoms with E-state index >= 15 is 0 Å². The van der Waals surface area contributed by atoms with E-state index in [2.05, 4.69) is 0 Å². The molecule has 2 aromatic rings. The number of fused-ring (bicyclic) bond motifs is 1. The Kier molecular flexibility index (Phi) is 3.94. The van der Waals surface area contributed by atoms with Crippen molar-refractivity contribution in [2.45, 2.75) is 39.3 Å². The first-order chi connectivity index (χ1) is 11.0. The van der Waals surface area contributed by atoms with E-state index in [1.165, 1.54) is 6.26 Å². The van der Waals surface area contributed by atoms with Crippen molar-refractivity contribution >= 4 is 17.6 Å². The Morgan fingerprint density at radius 3 is 2.74 bits per heavy atom. The highest BCUT2D eigenvalue weighted by Crippen LogP contribution is 2.32. The van der Waals surface area contributed by atoms with Crippen LogP contribution in [0, 0.1) is 6.92 Å². The number of carbonyl (C=O) groups is 2. The Morgan fingerprint density at radius 2 is 2.04 bits per heavy atom. The summed E-state index contributed by atoms with van der Waals surface area (Å²) in [6.45, 7) is 5.28. The molecule has 0 bridgehead atoms. The first-order valence-corrected chi connectivity index (χ1v) is 7.65. The van der Waals surface area contributed by atoms with Crippen LogP contribution in [0.15, 0.2) is 41.0 Å². The van der Waals surface area contributed by atoms with Crippen molar-refractivity contribution in [2.75, 3.05) is 4.90 Å². The van der Waals surface area contributed by atoms with Gasteiger partial charge in [-0.05, 0) is 44.9 Å². The number of rotatable bonds is 3. The molecule has 1 amide bonds. The summed E-state index contributed by atoms with van der Waals surface area (Å²) in [5.74, 6) is -0.274. The van der Waals surface area contributed by atoms with Crippen LogP contribution in [0.2, 0.25) is 0 Å². The van der Waals surface area contributed by atoms with Crippen LogP contribution in [0.5, 0.6) is 0 Å². The number of anilines is 1. The molecule has 1 aromatic carbocycles. The molecular formula is C18H19NO4. The van der Waals surface area contributed by atoms with Gasteiger partial charge in [0.2, 0.25) is 0 Å². The lowest BCUT2D eigenvalue weighted by molar-refractivity contribution is -0.126. The van der Waals surface area contributed by atoms with Crippen LogP contribution in [-0.4, -0.2) is 24.0 Å². The molecule has 1 aliphatic heterocycles. The van der Waals surface area contributed by atoms with Crippen LogP contribution in [-0.2, 0) is 16.0 Å². The molecule has 23 heavy (non-hydrogen) atoms. The summed E-state index contributed by atoms with van der Waals surface area (Å²) in [5, 5.41) is 0. The number of benzene rings is 1. The van der Waals surface area contributed by atoms with Crippen molar-refractivity contribution in [1.29, 1.82) is 0 Å². The lowest BCUT2D eigenvalue weighted by atomic mass is 10.1. The van der Waals surface area contributed by atoms with E-state index in [0.717, 1.165) is 17.7 Å². The van der Waals surface area contributed by atoms with E-state index in [1.54, 1.807) is 24.8 Å². The van der Waals surface area contributed by atoms with Gasteiger partial charge in [-0.15, -0.1) is 0 Å². The SMILES string of the molecule is Cc1occc1C(=O)O[C@H](C)C(=O)N1c2ccccc2C[C@@H]1C. The second-order valence-corrected chi connectivity index (χ2v) is 5.83. The van der Waals surface area contributed by atoms with Crippen LogP contribution < -0.4 is 4.90 Å². The summed E-state index contributed by atoms with van der Waals surface area (Å²) in [6, 6.07) is 9.41. The monoisotopic (exact) mass is 313 g/mol. The fraction of sp³-hybridized carbons (Fsp3) is 0.333. The van der Waals surface area contributed by atoms with Crippen LogP contribution in [0.1, 0.15) is 35.5 Å². The lowest BCUT2D eigenvalue weighted by Gasteiger charge is -2.25. The molecule has 1 aliphatic rings.